The topological polar surface area (TPSA) is 143 Å². The van der Waals surface area contributed by atoms with Gasteiger partial charge in [0.05, 0.1) is 12.7 Å². The summed E-state index contributed by atoms with van der Waals surface area (Å²) in [5.74, 6) is 1.29. The van der Waals surface area contributed by atoms with E-state index in [1.165, 1.54) is 0 Å². The monoisotopic (exact) mass is 517 g/mol. The predicted molar refractivity (Wildman–Crippen MR) is 133 cm³/mol. The van der Waals surface area contributed by atoms with Gasteiger partial charge in [0.25, 0.3) is 0 Å². The molecule has 2 aromatic carbocycles. The molecule has 0 radical (unpaired) electrons. The number of carbonyl (C=O) groups excluding carboxylic acids is 1. The Morgan fingerprint density at radius 3 is 2.27 bits per heavy atom. The van der Waals surface area contributed by atoms with E-state index < -0.39 is 15.9 Å². The van der Waals surface area contributed by atoms with Gasteiger partial charge >= 0.3 is 0 Å². The number of likely N-dealkylation sites (N-methyl/N-ethyl adjacent to an activating group) is 1. The minimum atomic E-state index is -1.26. The minimum Gasteiger partial charge on any atom is -0.595 e. The molecule has 0 aliphatic carbocycles. The maximum absolute atomic E-state index is 13.9. The minimum absolute atomic E-state index is 0.00810. The van der Waals surface area contributed by atoms with E-state index in [1.54, 1.807) is 41.7 Å². The molecule has 202 valence electrons. The van der Waals surface area contributed by atoms with Gasteiger partial charge in [0.15, 0.2) is 28.7 Å². The van der Waals surface area contributed by atoms with Crippen molar-refractivity contribution in [3.63, 3.8) is 0 Å². The van der Waals surface area contributed by atoms with Gasteiger partial charge < -0.3 is 24.6 Å². The van der Waals surface area contributed by atoms with Crippen LogP contribution in [0.2, 0.25) is 0 Å². The Labute approximate surface area is 215 Å². The summed E-state index contributed by atoms with van der Waals surface area (Å²) >= 11 is 0. The number of rotatable bonds is 6. The number of ether oxygens (including phenoxy) is 3. The number of hydrogen-bond donors (Lipinski definition) is 4. The van der Waals surface area contributed by atoms with Crippen molar-refractivity contribution < 1.29 is 39.9 Å². The van der Waals surface area contributed by atoms with Crippen LogP contribution in [-0.2, 0) is 11.8 Å². The number of benzene rings is 2. The summed E-state index contributed by atoms with van der Waals surface area (Å²) in [6.07, 6.45) is 0.738. The highest BCUT2D eigenvalue weighted by Crippen LogP contribution is 2.50. The second kappa shape index (κ2) is 9.84. The highest BCUT2D eigenvalue weighted by atomic mass is 16.8. The van der Waals surface area contributed by atoms with Gasteiger partial charge in [-0.25, -0.2) is 10.4 Å². The highest BCUT2D eigenvalue weighted by Gasteiger charge is 2.39. The van der Waals surface area contributed by atoms with Crippen LogP contribution in [0.15, 0.2) is 6.07 Å². The van der Waals surface area contributed by atoms with E-state index in [1.807, 2.05) is 13.1 Å². The Balaban J connectivity index is 1.87. The summed E-state index contributed by atoms with van der Waals surface area (Å²) in [6.45, 7) is 9.26. The number of quaternary nitrogens is 2. The zero-order valence-corrected chi connectivity index (χ0v) is 22.3. The third kappa shape index (κ3) is 4.57. The average molecular weight is 518 g/mol. The third-order valence-corrected chi connectivity index (χ3v) is 7.38. The van der Waals surface area contributed by atoms with Gasteiger partial charge in [-0.2, -0.15) is 10.5 Å². The summed E-state index contributed by atoms with van der Waals surface area (Å²) < 4.78 is 16.9. The van der Waals surface area contributed by atoms with Crippen LogP contribution in [0.1, 0.15) is 71.4 Å². The van der Waals surface area contributed by atoms with Crippen molar-refractivity contribution in [2.45, 2.75) is 58.9 Å². The van der Waals surface area contributed by atoms with Crippen molar-refractivity contribution in [3.05, 3.63) is 49.9 Å². The number of nitrogens with zero attached hydrogens (tertiary/aromatic N) is 1. The maximum atomic E-state index is 13.9. The summed E-state index contributed by atoms with van der Waals surface area (Å²) in [5, 5.41) is 42.5. The predicted octanol–water partition coefficient (Wildman–Crippen LogP) is 1.95. The van der Waals surface area contributed by atoms with Crippen molar-refractivity contribution >= 4 is 17.2 Å². The van der Waals surface area contributed by atoms with E-state index in [0.717, 1.165) is 17.5 Å². The molecule has 2 aliphatic heterocycles. The molecule has 0 saturated carbocycles. The van der Waals surface area contributed by atoms with Crippen LogP contribution in [0.3, 0.4) is 0 Å². The highest BCUT2D eigenvalue weighted by molar-refractivity contribution is 6.02. The molecule has 0 fully saturated rings. The third-order valence-electron chi connectivity index (χ3n) is 7.38. The molecule has 0 amide bonds. The molecule has 4 N–H and O–H groups in total. The smallest absolute Gasteiger partial charge is 0.231 e. The molecule has 0 aromatic heterocycles. The molecule has 11 heteroatoms. The quantitative estimate of drug-likeness (QED) is 0.334. The molecular weight excluding hydrogens is 482 g/mol. The zero-order chi connectivity index (χ0) is 27.4. The Kier molecular flexibility index (Phi) is 7.25. The Hall–Kier alpha value is -2.77. The Bertz CT molecular complexity index is 1200. The van der Waals surface area contributed by atoms with Gasteiger partial charge in [-0.05, 0) is 44.4 Å². The fourth-order valence-corrected chi connectivity index (χ4v) is 5.79. The summed E-state index contributed by atoms with van der Waals surface area (Å²) in [7, 11) is 3.46. The average Bonchev–Trinajstić information content (AvgIpc) is 3.26. The van der Waals surface area contributed by atoms with E-state index in [4.69, 9.17) is 14.2 Å². The van der Waals surface area contributed by atoms with Crippen LogP contribution in [0.25, 0.3) is 0 Å². The van der Waals surface area contributed by atoms with E-state index in [9.17, 15) is 25.6 Å². The lowest BCUT2D eigenvalue weighted by Gasteiger charge is -2.36. The van der Waals surface area contributed by atoms with Crippen LogP contribution >= 0.6 is 0 Å². The molecular formula is C26H35N3O8. The first kappa shape index (κ1) is 27.3. The largest absolute Gasteiger partial charge is 0.595 e. The molecule has 3 atom stereocenters. The molecule has 4 rings (SSSR count). The second-order valence-electron chi connectivity index (χ2n) is 10.7. The molecule has 11 nitrogen and oxygen atoms in total. The number of ketones is 1. The number of methoxy groups -OCH3 is 1. The number of fused-ring (bicyclic) bond motifs is 2. The van der Waals surface area contributed by atoms with E-state index in [-0.39, 0.29) is 58.7 Å². The molecule has 2 heterocycles. The first-order valence-electron chi connectivity index (χ1n) is 12.2. The Morgan fingerprint density at radius 2 is 1.76 bits per heavy atom. The normalized spacial score (nSPS) is 18.9. The van der Waals surface area contributed by atoms with Crippen LogP contribution in [0, 0.1) is 24.3 Å². The number of nitrogens with one attached hydrogen (secondary N) is 2. The zero-order valence-electron chi connectivity index (χ0n) is 22.3. The van der Waals surface area contributed by atoms with Crippen molar-refractivity contribution in [1.82, 2.24) is 4.90 Å². The van der Waals surface area contributed by atoms with Gasteiger partial charge in [0.1, 0.15) is 0 Å². The molecule has 0 saturated heterocycles. The van der Waals surface area contributed by atoms with Gasteiger partial charge in [0.2, 0.25) is 12.5 Å². The number of hydrogen-bond acceptors (Lipinski definition) is 9. The Morgan fingerprint density at radius 1 is 1.16 bits per heavy atom. The number of Topliss-reactive ketones (excluding diaryl/α,β-unsaturated/α-hetero) is 1. The first-order chi connectivity index (χ1) is 17.3. The van der Waals surface area contributed by atoms with Crippen LogP contribution in [0.5, 0.6) is 17.2 Å². The fourth-order valence-electron chi connectivity index (χ4n) is 5.79. The first-order valence-corrected chi connectivity index (χ1v) is 12.2. The van der Waals surface area contributed by atoms with Gasteiger partial charge in [-0.1, -0.05) is 20.8 Å². The lowest BCUT2D eigenvalue weighted by molar-refractivity contribution is -0.997. The summed E-state index contributed by atoms with van der Waals surface area (Å²) in [4.78, 5) is 16.0. The maximum Gasteiger partial charge on any atom is 0.231 e. The summed E-state index contributed by atoms with van der Waals surface area (Å²) in [5.41, 5.74) is 1.71. The molecule has 2 unspecified atom stereocenters. The summed E-state index contributed by atoms with van der Waals surface area (Å²) in [6, 6.07) is 1.54. The van der Waals surface area contributed by atoms with Crippen LogP contribution < -0.4 is 24.7 Å². The van der Waals surface area contributed by atoms with E-state index in [0.29, 0.717) is 23.8 Å². The molecule has 37 heavy (non-hydrogen) atoms. The van der Waals surface area contributed by atoms with Crippen molar-refractivity contribution in [2.24, 2.45) is 0 Å². The van der Waals surface area contributed by atoms with Gasteiger partial charge in [-0.15, -0.1) is 0 Å². The SMILES string of the molecule is COc1c2c(cc3c1[C@@H](CC(=O)c1c(C)c([NH+]([O-])O)c(C(C)(C)C)c([NH+]([O-])O)c1C)N(C)CC3)OCO2. The van der Waals surface area contributed by atoms with E-state index >= 15 is 0 Å². The second-order valence-corrected chi connectivity index (χ2v) is 10.7. The van der Waals surface area contributed by atoms with Crippen LogP contribution in [-0.4, -0.2) is 48.6 Å². The van der Waals surface area contributed by atoms with E-state index in [2.05, 4.69) is 4.90 Å². The van der Waals surface area contributed by atoms with Gasteiger partial charge in [-0.3, -0.25) is 9.69 Å². The van der Waals surface area contributed by atoms with Crippen molar-refractivity contribution in [3.8, 4) is 17.2 Å². The van der Waals surface area contributed by atoms with Gasteiger partial charge in [0, 0.05) is 41.3 Å². The molecule has 2 aliphatic rings. The molecule has 0 bridgehead atoms. The fraction of sp³-hybridized carbons (Fsp3) is 0.500. The lowest BCUT2D eigenvalue weighted by Crippen LogP contribution is -3.02. The van der Waals surface area contributed by atoms with Crippen molar-refractivity contribution in [2.75, 3.05) is 27.5 Å². The lowest BCUT2D eigenvalue weighted by atomic mass is 9.78. The molecule has 2 aromatic rings. The standard InChI is InChI=1S/C26H35N3O8/c1-13-19(14(2)23(29(33)34)21(26(3,4)5)22(13)28(31)32)17(30)11-16-20-15(8-9-27(16)6)10-18-24(25(20)35-7)37-12-36-18/h10,16,28-29,31,33H,8-9,11-12H2,1-7H3/t16-/m1/s1. The van der Waals surface area contributed by atoms with Crippen LogP contribution in [0.4, 0.5) is 11.4 Å². The number of carbonyl (C=O) groups is 1. The molecule has 0 spiro atoms. The van der Waals surface area contributed by atoms with Crippen molar-refractivity contribution in [1.29, 1.82) is 0 Å².